The SMILES string of the molecule is COc1cc(N2CCC[C@@H](C)C2)nc(NC(=S)NCc2ccc(Cl)cc2)n1. The monoisotopic (exact) mass is 405 g/mol. The van der Waals surface area contributed by atoms with Crippen molar-refractivity contribution in [3.63, 3.8) is 0 Å². The molecular weight excluding hydrogens is 382 g/mol. The van der Waals surface area contributed by atoms with E-state index in [4.69, 9.17) is 28.6 Å². The van der Waals surface area contributed by atoms with Crippen molar-refractivity contribution in [1.82, 2.24) is 15.3 Å². The number of methoxy groups -OCH3 is 1. The van der Waals surface area contributed by atoms with Crippen molar-refractivity contribution in [2.75, 3.05) is 30.4 Å². The van der Waals surface area contributed by atoms with Crippen LogP contribution in [-0.4, -0.2) is 35.3 Å². The molecule has 0 bridgehead atoms. The zero-order valence-corrected chi connectivity index (χ0v) is 17.1. The first-order valence-corrected chi connectivity index (χ1v) is 9.79. The number of hydrogen-bond donors (Lipinski definition) is 2. The predicted octanol–water partition coefficient (Wildman–Crippen LogP) is 3.86. The zero-order chi connectivity index (χ0) is 19.2. The maximum absolute atomic E-state index is 5.91. The van der Waals surface area contributed by atoms with Crippen LogP contribution in [0.25, 0.3) is 0 Å². The Morgan fingerprint density at radius 2 is 2.11 bits per heavy atom. The fourth-order valence-corrected chi connectivity index (χ4v) is 3.35. The number of aromatic nitrogens is 2. The summed E-state index contributed by atoms with van der Waals surface area (Å²) >= 11 is 11.3. The third kappa shape index (κ3) is 5.68. The van der Waals surface area contributed by atoms with E-state index >= 15 is 0 Å². The Morgan fingerprint density at radius 3 is 2.81 bits per heavy atom. The molecule has 0 aliphatic carbocycles. The summed E-state index contributed by atoms with van der Waals surface area (Å²) < 4.78 is 5.34. The highest BCUT2D eigenvalue weighted by molar-refractivity contribution is 7.80. The Bertz CT molecular complexity index is 786. The first-order chi connectivity index (χ1) is 13.0. The van der Waals surface area contributed by atoms with Gasteiger partial charge in [0.1, 0.15) is 5.82 Å². The minimum atomic E-state index is 0.427. The molecule has 2 heterocycles. The van der Waals surface area contributed by atoms with Crippen molar-refractivity contribution in [1.29, 1.82) is 0 Å². The van der Waals surface area contributed by atoms with Gasteiger partial charge in [-0.15, -0.1) is 0 Å². The number of nitrogens with one attached hydrogen (secondary N) is 2. The number of piperidine rings is 1. The van der Waals surface area contributed by atoms with E-state index in [0.717, 1.165) is 30.9 Å². The molecule has 1 fully saturated rings. The summed E-state index contributed by atoms with van der Waals surface area (Å²) in [6.45, 7) is 4.82. The molecular formula is C19H24ClN5OS. The molecule has 1 aromatic heterocycles. The molecule has 3 rings (SSSR count). The molecule has 0 amide bonds. The second-order valence-electron chi connectivity index (χ2n) is 6.72. The largest absolute Gasteiger partial charge is 0.481 e. The third-order valence-electron chi connectivity index (χ3n) is 4.47. The van der Waals surface area contributed by atoms with E-state index in [1.165, 1.54) is 6.42 Å². The van der Waals surface area contributed by atoms with E-state index in [1.54, 1.807) is 7.11 Å². The number of thiocarbonyl (C=S) groups is 1. The van der Waals surface area contributed by atoms with Gasteiger partial charge in [0.15, 0.2) is 5.11 Å². The van der Waals surface area contributed by atoms with E-state index in [2.05, 4.69) is 32.4 Å². The van der Waals surface area contributed by atoms with Crippen LogP contribution in [-0.2, 0) is 6.54 Å². The summed E-state index contributed by atoms with van der Waals surface area (Å²) in [6.07, 6.45) is 2.42. The first kappa shape index (κ1) is 19.6. The maximum Gasteiger partial charge on any atom is 0.234 e. The Hall–Kier alpha value is -2.12. The number of ether oxygens (including phenoxy) is 1. The van der Waals surface area contributed by atoms with Gasteiger partial charge in [-0.2, -0.15) is 9.97 Å². The lowest BCUT2D eigenvalue weighted by atomic mass is 10.0. The van der Waals surface area contributed by atoms with Gasteiger partial charge in [0.2, 0.25) is 11.8 Å². The van der Waals surface area contributed by atoms with Gasteiger partial charge >= 0.3 is 0 Å². The van der Waals surface area contributed by atoms with Crippen LogP contribution in [0.15, 0.2) is 30.3 Å². The van der Waals surface area contributed by atoms with Gasteiger partial charge in [-0.1, -0.05) is 30.7 Å². The molecule has 0 radical (unpaired) electrons. The number of benzene rings is 1. The molecule has 0 saturated carbocycles. The van der Waals surface area contributed by atoms with Crippen LogP contribution >= 0.6 is 23.8 Å². The van der Waals surface area contributed by atoms with E-state index < -0.39 is 0 Å². The van der Waals surface area contributed by atoms with Crippen LogP contribution in [0.1, 0.15) is 25.3 Å². The molecule has 0 unspecified atom stereocenters. The van der Waals surface area contributed by atoms with Crippen molar-refractivity contribution >= 4 is 40.7 Å². The van der Waals surface area contributed by atoms with Crippen molar-refractivity contribution < 1.29 is 4.74 Å². The molecule has 0 spiro atoms. The molecule has 1 saturated heterocycles. The highest BCUT2D eigenvalue weighted by Gasteiger charge is 2.19. The topological polar surface area (TPSA) is 62.3 Å². The molecule has 1 aromatic carbocycles. The van der Waals surface area contributed by atoms with Crippen LogP contribution in [0.2, 0.25) is 5.02 Å². The predicted molar refractivity (Wildman–Crippen MR) is 114 cm³/mol. The Morgan fingerprint density at radius 1 is 1.33 bits per heavy atom. The quantitative estimate of drug-likeness (QED) is 0.732. The van der Waals surface area contributed by atoms with E-state index in [0.29, 0.717) is 34.4 Å². The first-order valence-electron chi connectivity index (χ1n) is 9.01. The Balaban J connectivity index is 1.65. The summed E-state index contributed by atoms with van der Waals surface area (Å²) in [4.78, 5) is 11.3. The molecule has 1 atom stereocenters. The Kier molecular flexibility index (Phi) is 6.68. The molecule has 1 aliphatic heterocycles. The van der Waals surface area contributed by atoms with Crippen LogP contribution in [0.5, 0.6) is 5.88 Å². The second-order valence-corrected chi connectivity index (χ2v) is 7.56. The van der Waals surface area contributed by atoms with Gasteiger partial charge in [-0.05, 0) is 48.7 Å². The van der Waals surface area contributed by atoms with Crippen molar-refractivity contribution in [2.24, 2.45) is 5.92 Å². The lowest BCUT2D eigenvalue weighted by Gasteiger charge is -2.32. The molecule has 144 valence electrons. The number of rotatable bonds is 5. The van der Waals surface area contributed by atoms with Gasteiger partial charge in [0.05, 0.1) is 7.11 Å². The van der Waals surface area contributed by atoms with Gasteiger partial charge in [-0.3, -0.25) is 0 Å². The molecule has 27 heavy (non-hydrogen) atoms. The lowest BCUT2D eigenvalue weighted by Crippen LogP contribution is -2.35. The average molecular weight is 406 g/mol. The lowest BCUT2D eigenvalue weighted by molar-refractivity contribution is 0.396. The number of anilines is 2. The number of halogens is 1. The van der Waals surface area contributed by atoms with Crippen molar-refractivity contribution in [3.8, 4) is 5.88 Å². The molecule has 1 aliphatic rings. The van der Waals surface area contributed by atoms with Crippen LogP contribution < -0.4 is 20.3 Å². The fourth-order valence-electron chi connectivity index (χ4n) is 3.06. The smallest absolute Gasteiger partial charge is 0.234 e. The summed E-state index contributed by atoms with van der Waals surface area (Å²) in [6, 6.07) is 9.48. The van der Waals surface area contributed by atoms with Gasteiger partial charge in [-0.25, -0.2) is 0 Å². The van der Waals surface area contributed by atoms with Gasteiger partial charge in [0.25, 0.3) is 0 Å². The Labute approximate surface area is 170 Å². The molecule has 2 aromatic rings. The van der Waals surface area contributed by atoms with Gasteiger partial charge < -0.3 is 20.3 Å². The maximum atomic E-state index is 5.91. The van der Waals surface area contributed by atoms with Gasteiger partial charge in [0, 0.05) is 30.7 Å². The number of nitrogens with zero attached hydrogens (tertiary/aromatic N) is 3. The highest BCUT2D eigenvalue weighted by Crippen LogP contribution is 2.25. The standard InChI is InChI=1S/C19H24ClN5OS/c1-13-4-3-9-25(12-13)16-10-17(26-2)23-18(22-16)24-19(27)21-11-14-5-7-15(20)8-6-14/h5-8,10,13H,3-4,9,11-12H2,1-2H3,(H2,21,22,23,24,27)/t13-/m1/s1. The normalized spacial score (nSPS) is 16.7. The van der Waals surface area contributed by atoms with E-state index in [9.17, 15) is 0 Å². The minimum absolute atomic E-state index is 0.427. The third-order valence-corrected chi connectivity index (χ3v) is 4.97. The van der Waals surface area contributed by atoms with Crippen LogP contribution in [0, 0.1) is 5.92 Å². The average Bonchev–Trinajstić information content (AvgIpc) is 2.67. The van der Waals surface area contributed by atoms with E-state index in [1.807, 2.05) is 30.3 Å². The molecule has 6 nitrogen and oxygen atoms in total. The summed E-state index contributed by atoms with van der Waals surface area (Å²) in [5, 5.41) is 7.37. The van der Waals surface area contributed by atoms with Crippen LogP contribution in [0.4, 0.5) is 11.8 Å². The second kappa shape index (κ2) is 9.19. The fraction of sp³-hybridized carbons (Fsp3) is 0.421. The summed E-state index contributed by atoms with van der Waals surface area (Å²) in [5.41, 5.74) is 1.08. The van der Waals surface area contributed by atoms with Crippen molar-refractivity contribution in [2.45, 2.75) is 26.3 Å². The van der Waals surface area contributed by atoms with Crippen molar-refractivity contribution in [3.05, 3.63) is 40.9 Å². The number of hydrogen-bond acceptors (Lipinski definition) is 5. The highest BCUT2D eigenvalue weighted by atomic mass is 35.5. The molecule has 2 N–H and O–H groups in total. The molecule has 8 heteroatoms. The summed E-state index contributed by atoms with van der Waals surface area (Å²) in [5.74, 6) is 2.45. The zero-order valence-electron chi connectivity index (χ0n) is 15.5. The minimum Gasteiger partial charge on any atom is -0.481 e. The summed E-state index contributed by atoms with van der Waals surface area (Å²) in [7, 11) is 1.60. The van der Waals surface area contributed by atoms with E-state index in [-0.39, 0.29) is 0 Å². The van der Waals surface area contributed by atoms with Crippen LogP contribution in [0.3, 0.4) is 0 Å².